The van der Waals surface area contributed by atoms with Gasteiger partial charge in [-0.05, 0) is 55.7 Å². The number of nitrogens with zero attached hydrogens (tertiary/aromatic N) is 3. The molecule has 1 aromatic heterocycles. The smallest absolute Gasteiger partial charge is 0.322 e. The summed E-state index contributed by atoms with van der Waals surface area (Å²) in [6.07, 6.45) is 2.23. The van der Waals surface area contributed by atoms with E-state index in [0.717, 1.165) is 18.6 Å². The first-order valence-corrected chi connectivity index (χ1v) is 11.2. The van der Waals surface area contributed by atoms with Gasteiger partial charge >= 0.3 is 6.03 Å². The lowest BCUT2D eigenvalue weighted by Gasteiger charge is -2.32. The van der Waals surface area contributed by atoms with Crippen LogP contribution in [0.2, 0.25) is 0 Å². The number of nitrogens with one attached hydrogen (secondary N) is 1. The van der Waals surface area contributed by atoms with E-state index in [-0.39, 0.29) is 17.6 Å². The normalized spacial score (nSPS) is 11.9. The molecular formula is C25H32N4O3. The largest absolute Gasteiger partial charge is 0.497 e. The van der Waals surface area contributed by atoms with E-state index >= 15 is 0 Å². The van der Waals surface area contributed by atoms with E-state index in [1.165, 1.54) is 0 Å². The van der Waals surface area contributed by atoms with Gasteiger partial charge in [-0.3, -0.25) is 9.36 Å². The van der Waals surface area contributed by atoms with Crippen molar-refractivity contribution in [3.8, 4) is 5.75 Å². The van der Waals surface area contributed by atoms with Crippen LogP contribution in [0.1, 0.15) is 51.9 Å². The van der Waals surface area contributed by atoms with Gasteiger partial charge in [-0.15, -0.1) is 0 Å². The van der Waals surface area contributed by atoms with Gasteiger partial charge in [-0.2, -0.15) is 0 Å². The first-order valence-electron chi connectivity index (χ1n) is 11.2. The average molecular weight is 437 g/mol. The van der Waals surface area contributed by atoms with Crippen molar-refractivity contribution in [1.29, 1.82) is 0 Å². The van der Waals surface area contributed by atoms with Crippen LogP contribution in [0.5, 0.6) is 5.75 Å². The molecular weight excluding hydrogens is 404 g/mol. The van der Waals surface area contributed by atoms with Crippen LogP contribution in [0, 0.1) is 0 Å². The second-order valence-corrected chi connectivity index (χ2v) is 7.72. The molecule has 0 aliphatic carbocycles. The third-order valence-electron chi connectivity index (χ3n) is 5.47. The van der Waals surface area contributed by atoms with Crippen LogP contribution in [-0.2, 0) is 6.54 Å². The van der Waals surface area contributed by atoms with Crippen molar-refractivity contribution in [2.24, 2.45) is 0 Å². The van der Waals surface area contributed by atoms with E-state index in [4.69, 9.17) is 9.72 Å². The van der Waals surface area contributed by atoms with Gasteiger partial charge in [0.1, 0.15) is 11.6 Å². The van der Waals surface area contributed by atoms with Crippen molar-refractivity contribution < 1.29 is 9.53 Å². The van der Waals surface area contributed by atoms with Gasteiger partial charge < -0.3 is 15.0 Å². The number of hydrogen-bond donors (Lipinski definition) is 1. The molecule has 0 saturated carbocycles. The first kappa shape index (κ1) is 23.3. The number of ether oxygens (including phenoxy) is 1. The summed E-state index contributed by atoms with van der Waals surface area (Å²) in [6, 6.07) is 14.1. The minimum Gasteiger partial charge on any atom is -0.497 e. The molecule has 0 aliphatic rings. The number of methoxy groups -OCH3 is 1. The summed E-state index contributed by atoms with van der Waals surface area (Å²) in [5, 5.41) is 3.58. The number of amides is 2. The molecule has 1 unspecified atom stereocenters. The third-order valence-corrected chi connectivity index (χ3v) is 5.47. The molecule has 3 aromatic rings. The van der Waals surface area contributed by atoms with Gasteiger partial charge in [0.25, 0.3) is 5.56 Å². The lowest BCUT2D eigenvalue weighted by atomic mass is 10.1. The Hall–Kier alpha value is -3.35. The second kappa shape index (κ2) is 10.8. The molecule has 3 rings (SSSR count). The van der Waals surface area contributed by atoms with Crippen molar-refractivity contribution in [2.45, 2.75) is 52.6 Å². The number of carbonyl (C=O) groups excluding carboxylic acids is 1. The zero-order chi connectivity index (χ0) is 23.1. The third kappa shape index (κ3) is 4.93. The predicted octanol–water partition coefficient (Wildman–Crippen LogP) is 5.21. The molecule has 1 heterocycles. The Morgan fingerprint density at radius 2 is 1.81 bits per heavy atom. The van der Waals surface area contributed by atoms with Crippen molar-refractivity contribution in [1.82, 2.24) is 14.5 Å². The van der Waals surface area contributed by atoms with Crippen LogP contribution in [0.25, 0.3) is 10.9 Å². The Labute approximate surface area is 189 Å². The highest BCUT2D eigenvalue weighted by Crippen LogP contribution is 2.26. The topological polar surface area (TPSA) is 76.5 Å². The molecule has 7 heteroatoms. The van der Waals surface area contributed by atoms with Gasteiger partial charge in [-0.25, -0.2) is 9.78 Å². The number of benzene rings is 2. The molecule has 1 N–H and O–H groups in total. The van der Waals surface area contributed by atoms with E-state index in [9.17, 15) is 9.59 Å². The minimum absolute atomic E-state index is 0.0575. The second-order valence-electron chi connectivity index (χ2n) is 7.72. The highest BCUT2D eigenvalue weighted by molar-refractivity contribution is 5.89. The standard InChI is InChI=1S/C25H32N4O3/c1-5-16-28(25(31)26-18-12-14-19(32-4)15-13-18)22(7-3)23-27-21-11-9-8-10-20(21)24(30)29(23)17-6-2/h8-15,22H,5-7,16-17H2,1-4H3,(H,26,31). The van der Waals surface area contributed by atoms with Gasteiger partial charge in [-0.1, -0.05) is 32.9 Å². The lowest BCUT2D eigenvalue weighted by molar-refractivity contribution is 0.180. The SMILES string of the molecule is CCCN(C(=O)Nc1ccc(OC)cc1)C(CC)c1nc2ccccc2c(=O)n1CCC. The molecule has 0 saturated heterocycles. The Morgan fingerprint density at radius 3 is 2.44 bits per heavy atom. The van der Waals surface area contributed by atoms with Crippen molar-refractivity contribution in [2.75, 3.05) is 19.0 Å². The van der Waals surface area contributed by atoms with E-state index in [0.29, 0.717) is 41.9 Å². The van der Waals surface area contributed by atoms with Gasteiger partial charge in [0.15, 0.2) is 0 Å². The van der Waals surface area contributed by atoms with Crippen LogP contribution in [-0.4, -0.2) is 34.1 Å². The van der Waals surface area contributed by atoms with Crippen molar-refractivity contribution in [3.05, 3.63) is 64.7 Å². The molecule has 2 aromatic carbocycles. The van der Waals surface area contributed by atoms with Crippen molar-refractivity contribution in [3.63, 3.8) is 0 Å². The zero-order valence-electron chi connectivity index (χ0n) is 19.3. The maximum absolute atomic E-state index is 13.3. The minimum atomic E-state index is -0.322. The molecule has 0 fully saturated rings. The number of urea groups is 1. The highest BCUT2D eigenvalue weighted by atomic mass is 16.5. The molecule has 1 atom stereocenters. The number of fused-ring (bicyclic) bond motifs is 1. The Bertz CT molecular complexity index is 1110. The van der Waals surface area contributed by atoms with E-state index in [1.54, 1.807) is 28.7 Å². The Balaban J connectivity index is 2.02. The fourth-order valence-electron chi connectivity index (χ4n) is 3.93. The van der Waals surface area contributed by atoms with Crippen LogP contribution in [0.4, 0.5) is 10.5 Å². The number of aromatic nitrogens is 2. The molecule has 0 spiro atoms. The first-order chi connectivity index (χ1) is 15.5. The molecule has 2 amide bonds. The molecule has 0 bridgehead atoms. The number of hydrogen-bond acceptors (Lipinski definition) is 4. The average Bonchev–Trinajstić information content (AvgIpc) is 2.81. The number of carbonyl (C=O) groups is 1. The molecule has 0 radical (unpaired) electrons. The monoisotopic (exact) mass is 436 g/mol. The summed E-state index contributed by atoms with van der Waals surface area (Å²) in [5.74, 6) is 1.36. The van der Waals surface area contributed by atoms with Crippen LogP contribution >= 0.6 is 0 Å². The summed E-state index contributed by atoms with van der Waals surface area (Å²) < 4.78 is 6.93. The summed E-state index contributed by atoms with van der Waals surface area (Å²) >= 11 is 0. The fourth-order valence-corrected chi connectivity index (χ4v) is 3.93. The summed E-state index contributed by atoms with van der Waals surface area (Å²) in [6.45, 7) is 7.20. The van der Waals surface area contributed by atoms with Crippen LogP contribution in [0.3, 0.4) is 0 Å². The van der Waals surface area contributed by atoms with Gasteiger partial charge in [0.05, 0.1) is 24.1 Å². The highest BCUT2D eigenvalue weighted by Gasteiger charge is 2.28. The fraction of sp³-hybridized carbons (Fsp3) is 0.400. The van der Waals surface area contributed by atoms with Crippen molar-refractivity contribution >= 4 is 22.6 Å². The Kier molecular flexibility index (Phi) is 7.87. The summed E-state index contributed by atoms with van der Waals surface area (Å²) in [5.41, 5.74) is 1.28. The molecule has 170 valence electrons. The van der Waals surface area contributed by atoms with Crippen LogP contribution < -0.4 is 15.6 Å². The number of para-hydroxylation sites is 1. The molecule has 0 aliphatic heterocycles. The number of anilines is 1. The molecule has 7 nitrogen and oxygen atoms in total. The van der Waals surface area contributed by atoms with Gasteiger partial charge in [0.2, 0.25) is 0 Å². The van der Waals surface area contributed by atoms with E-state index in [2.05, 4.69) is 5.32 Å². The van der Waals surface area contributed by atoms with Gasteiger partial charge in [0, 0.05) is 18.8 Å². The quantitative estimate of drug-likeness (QED) is 0.499. The zero-order valence-corrected chi connectivity index (χ0v) is 19.3. The van der Waals surface area contributed by atoms with Crippen LogP contribution in [0.15, 0.2) is 53.3 Å². The molecule has 32 heavy (non-hydrogen) atoms. The van der Waals surface area contributed by atoms with E-state index < -0.39 is 0 Å². The number of rotatable bonds is 9. The summed E-state index contributed by atoms with van der Waals surface area (Å²) in [4.78, 5) is 33.2. The maximum Gasteiger partial charge on any atom is 0.322 e. The lowest BCUT2D eigenvalue weighted by Crippen LogP contribution is -2.41. The predicted molar refractivity (Wildman–Crippen MR) is 128 cm³/mol. The van der Waals surface area contributed by atoms with E-state index in [1.807, 2.05) is 57.2 Å². The maximum atomic E-state index is 13.3. The Morgan fingerprint density at radius 1 is 1.09 bits per heavy atom. The summed E-state index contributed by atoms with van der Waals surface area (Å²) in [7, 11) is 1.61.